The monoisotopic (exact) mass is 311 g/mol. The third-order valence-electron chi connectivity index (χ3n) is 2.73. The molecular formula is C14H17NO5S. The van der Waals surface area contributed by atoms with Crippen molar-refractivity contribution in [1.29, 1.82) is 0 Å². The fourth-order valence-electron chi connectivity index (χ4n) is 1.50. The van der Waals surface area contributed by atoms with Crippen molar-refractivity contribution >= 4 is 16.0 Å². The Balaban J connectivity index is 2.84. The Kier molecular flexibility index (Phi) is 6.37. The van der Waals surface area contributed by atoms with Gasteiger partial charge in [-0.2, -0.15) is 0 Å². The highest BCUT2D eigenvalue weighted by Gasteiger charge is 2.21. The number of aliphatic hydroxyl groups excluding tert-OH is 1. The number of carbonyl (C=O) groups excluding carboxylic acids is 1. The van der Waals surface area contributed by atoms with E-state index >= 15 is 0 Å². The van der Waals surface area contributed by atoms with E-state index in [0.29, 0.717) is 5.56 Å². The maximum absolute atomic E-state index is 12.3. The summed E-state index contributed by atoms with van der Waals surface area (Å²) in [7, 11) is -0.999. The van der Waals surface area contributed by atoms with Crippen LogP contribution in [-0.2, 0) is 19.6 Å². The Morgan fingerprint density at radius 3 is 2.48 bits per heavy atom. The van der Waals surface area contributed by atoms with E-state index in [1.165, 1.54) is 26.3 Å². The van der Waals surface area contributed by atoms with Gasteiger partial charge in [-0.3, -0.25) is 4.79 Å². The molecule has 0 fully saturated rings. The van der Waals surface area contributed by atoms with Gasteiger partial charge in [0.25, 0.3) is 0 Å². The normalized spacial score (nSPS) is 10.9. The zero-order chi connectivity index (χ0) is 15.9. The lowest BCUT2D eigenvalue weighted by atomic mass is 10.2. The summed E-state index contributed by atoms with van der Waals surface area (Å²) in [5.41, 5.74) is 0.611. The number of benzene rings is 1. The van der Waals surface area contributed by atoms with Crippen LogP contribution in [0.2, 0.25) is 0 Å². The minimum absolute atomic E-state index is 0.00765. The molecule has 0 saturated carbocycles. The van der Waals surface area contributed by atoms with Crippen molar-refractivity contribution < 1.29 is 23.1 Å². The summed E-state index contributed by atoms with van der Waals surface area (Å²) in [6.07, 6.45) is -0.00765. The third kappa shape index (κ3) is 4.86. The number of nitrogens with zero attached hydrogens (tertiary/aromatic N) is 1. The molecule has 6 nitrogen and oxygen atoms in total. The number of ether oxygens (including phenoxy) is 1. The van der Waals surface area contributed by atoms with Gasteiger partial charge in [-0.05, 0) is 24.3 Å². The highest BCUT2D eigenvalue weighted by molar-refractivity contribution is 7.89. The van der Waals surface area contributed by atoms with Crippen LogP contribution < -0.4 is 0 Å². The van der Waals surface area contributed by atoms with E-state index in [2.05, 4.69) is 16.6 Å². The predicted molar refractivity (Wildman–Crippen MR) is 76.9 cm³/mol. The van der Waals surface area contributed by atoms with Gasteiger partial charge in [0.1, 0.15) is 6.61 Å². The molecule has 1 N–H and O–H groups in total. The molecule has 0 unspecified atom stereocenters. The third-order valence-corrected chi connectivity index (χ3v) is 4.60. The Bertz CT molecular complexity index is 640. The van der Waals surface area contributed by atoms with Gasteiger partial charge in [-0.25, -0.2) is 12.7 Å². The van der Waals surface area contributed by atoms with Crippen molar-refractivity contribution in [3.05, 3.63) is 29.8 Å². The summed E-state index contributed by atoms with van der Waals surface area (Å²) in [4.78, 5) is 11.2. The molecule has 0 amide bonds. The summed E-state index contributed by atoms with van der Waals surface area (Å²) < 4.78 is 30.1. The van der Waals surface area contributed by atoms with Gasteiger partial charge < -0.3 is 9.84 Å². The zero-order valence-electron chi connectivity index (χ0n) is 11.9. The van der Waals surface area contributed by atoms with Crippen LogP contribution >= 0.6 is 0 Å². The van der Waals surface area contributed by atoms with Crippen LogP contribution in [0.5, 0.6) is 0 Å². The van der Waals surface area contributed by atoms with Crippen molar-refractivity contribution in [1.82, 2.24) is 4.31 Å². The van der Waals surface area contributed by atoms with E-state index < -0.39 is 16.0 Å². The average Bonchev–Trinajstić information content (AvgIpc) is 2.50. The van der Waals surface area contributed by atoms with Gasteiger partial charge in [0, 0.05) is 19.2 Å². The summed E-state index contributed by atoms with van der Waals surface area (Å²) in [5, 5.41) is 8.59. The number of hydrogen-bond donors (Lipinski definition) is 1. The maximum atomic E-state index is 12.3. The van der Waals surface area contributed by atoms with E-state index in [9.17, 15) is 13.2 Å². The summed E-state index contributed by atoms with van der Waals surface area (Å²) >= 11 is 0. The van der Waals surface area contributed by atoms with Crippen LogP contribution in [0.4, 0.5) is 0 Å². The summed E-state index contributed by atoms with van der Waals surface area (Å²) in [6.45, 7) is -0.211. The Morgan fingerprint density at radius 1 is 1.33 bits per heavy atom. The van der Waals surface area contributed by atoms with Gasteiger partial charge in [0.05, 0.1) is 18.4 Å². The second-order valence-electron chi connectivity index (χ2n) is 4.14. The number of sulfonamides is 1. The standard InChI is InChI=1S/C14H17NO5S/c1-15(10-9-14(17)20-2)21(18,19)13-7-5-12(6-8-13)4-3-11-16/h5-8,16H,9-11H2,1-2H3. The lowest BCUT2D eigenvalue weighted by Gasteiger charge is -2.16. The molecule has 0 aliphatic carbocycles. The van der Waals surface area contributed by atoms with E-state index in [0.717, 1.165) is 4.31 Å². The number of esters is 1. The summed E-state index contributed by atoms with van der Waals surface area (Å²) in [6, 6.07) is 5.99. The molecule has 0 spiro atoms. The quantitative estimate of drug-likeness (QED) is 0.621. The molecule has 1 aromatic carbocycles. The SMILES string of the molecule is COC(=O)CCN(C)S(=O)(=O)c1ccc(C#CCO)cc1. The number of rotatable bonds is 5. The predicted octanol–water partition coefficient (Wildman–Crippen LogP) is 0.214. The first kappa shape index (κ1) is 17.2. The van der Waals surface area contributed by atoms with Gasteiger partial charge in [0.15, 0.2) is 0 Å². The van der Waals surface area contributed by atoms with Crippen LogP contribution in [0.3, 0.4) is 0 Å². The second-order valence-corrected chi connectivity index (χ2v) is 6.18. The molecule has 0 aliphatic heterocycles. The van der Waals surface area contributed by atoms with Gasteiger partial charge in [0.2, 0.25) is 10.0 Å². The molecule has 21 heavy (non-hydrogen) atoms. The molecule has 1 aromatic rings. The van der Waals surface area contributed by atoms with E-state index in [4.69, 9.17) is 5.11 Å². The fraction of sp³-hybridized carbons (Fsp3) is 0.357. The van der Waals surface area contributed by atoms with E-state index in [1.54, 1.807) is 12.1 Å². The van der Waals surface area contributed by atoms with Crippen LogP contribution in [-0.4, -0.2) is 51.1 Å². The lowest BCUT2D eigenvalue weighted by molar-refractivity contribution is -0.140. The first-order chi connectivity index (χ1) is 9.91. The highest BCUT2D eigenvalue weighted by Crippen LogP contribution is 2.15. The maximum Gasteiger partial charge on any atom is 0.306 e. The Hall–Kier alpha value is -1.88. The lowest BCUT2D eigenvalue weighted by Crippen LogP contribution is -2.29. The smallest absolute Gasteiger partial charge is 0.306 e. The van der Waals surface area contributed by atoms with Gasteiger partial charge in [-0.1, -0.05) is 11.8 Å². The molecule has 0 saturated heterocycles. The van der Waals surface area contributed by atoms with Crippen LogP contribution in [0.25, 0.3) is 0 Å². The highest BCUT2D eigenvalue weighted by atomic mass is 32.2. The first-order valence-corrected chi connectivity index (χ1v) is 7.58. The fourth-order valence-corrected chi connectivity index (χ4v) is 2.67. The van der Waals surface area contributed by atoms with E-state index in [-0.39, 0.29) is 24.5 Å². The number of aliphatic hydroxyl groups is 1. The molecular weight excluding hydrogens is 294 g/mol. The van der Waals surface area contributed by atoms with Gasteiger partial charge >= 0.3 is 5.97 Å². The number of hydrogen-bond acceptors (Lipinski definition) is 5. The zero-order valence-corrected chi connectivity index (χ0v) is 12.7. The van der Waals surface area contributed by atoms with Crippen molar-refractivity contribution in [3.8, 4) is 11.8 Å². The number of carbonyl (C=O) groups is 1. The van der Waals surface area contributed by atoms with Crippen LogP contribution in [0, 0.1) is 11.8 Å². The van der Waals surface area contributed by atoms with Gasteiger partial charge in [-0.15, -0.1) is 0 Å². The topological polar surface area (TPSA) is 83.9 Å². The molecule has 0 bridgehead atoms. The Labute approximate surface area is 124 Å². The number of methoxy groups -OCH3 is 1. The summed E-state index contributed by atoms with van der Waals surface area (Å²) in [5.74, 6) is 4.69. The van der Waals surface area contributed by atoms with Crippen molar-refractivity contribution in [3.63, 3.8) is 0 Å². The molecule has 0 aliphatic rings. The minimum atomic E-state index is -3.65. The van der Waals surface area contributed by atoms with Crippen molar-refractivity contribution in [2.24, 2.45) is 0 Å². The molecule has 0 heterocycles. The minimum Gasteiger partial charge on any atom is -0.469 e. The van der Waals surface area contributed by atoms with Crippen LogP contribution in [0.1, 0.15) is 12.0 Å². The Morgan fingerprint density at radius 2 is 1.95 bits per heavy atom. The molecule has 0 radical (unpaired) electrons. The van der Waals surface area contributed by atoms with Crippen molar-refractivity contribution in [2.45, 2.75) is 11.3 Å². The molecule has 0 atom stereocenters. The molecule has 0 aromatic heterocycles. The molecule has 7 heteroatoms. The van der Waals surface area contributed by atoms with Crippen LogP contribution in [0.15, 0.2) is 29.2 Å². The van der Waals surface area contributed by atoms with Crippen molar-refractivity contribution in [2.75, 3.05) is 27.3 Å². The largest absolute Gasteiger partial charge is 0.469 e. The first-order valence-electron chi connectivity index (χ1n) is 6.14. The average molecular weight is 311 g/mol. The molecule has 114 valence electrons. The second kappa shape index (κ2) is 7.78. The molecule has 1 rings (SSSR count). The van der Waals surface area contributed by atoms with E-state index in [1.807, 2.05) is 0 Å².